The molecule has 86 valence electrons. The molecule has 0 atom stereocenters. The monoisotopic (exact) mass is 221 g/mol. The van der Waals surface area contributed by atoms with Gasteiger partial charge in [-0.3, -0.25) is 4.98 Å². The summed E-state index contributed by atoms with van der Waals surface area (Å²) >= 11 is 0. The lowest BCUT2D eigenvalue weighted by molar-refractivity contribution is -0.108. The first-order chi connectivity index (χ1) is 7.81. The summed E-state index contributed by atoms with van der Waals surface area (Å²) in [6.45, 7) is 0.0731. The number of aliphatic hydroxyl groups excluding tert-OH is 1. The molecule has 0 fully saturated rings. The normalized spacial score (nSPS) is 10.0. The summed E-state index contributed by atoms with van der Waals surface area (Å²) in [5.74, 6) is 5.77. The zero-order valence-corrected chi connectivity index (χ0v) is 9.43. The minimum atomic E-state index is -0.473. The molecule has 0 bridgehead atoms. The molecule has 1 rings (SSSR count). The van der Waals surface area contributed by atoms with E-state index >= 15 is 0 Å². The van der Waals surface area contributed by atoms with E-state index in [2.05, 4.69) is 16.8 Å². The van der Waals surface area contributed by atoms with E-state index in [1.165, 1.54) is 0 Å². The zero-order chi connectivity index (χ0) is 11.8. The number of rotatable bonds is 4. The Morgan fingerprint density at radius 2 is 2.19 bits per heavy atom. The molecule has 1 N–H and O–H groups in total. The first kappa shape index (κ1) is 12.7. The second kappa shape index (κ2) is 6.96. The van der Waals surface area contributed by atoms with Crippen molar-refractivity contribution in [1.82, 2.24) is 4.98 Å². The second-order valence-corrected chi connectivity index (χ2v) is 3.05. The number of aromatic nitrogens is 1. The van der Waals surface area contributed by atoms with Gasteiger partial charge in [-0.2, -0.15) is 0 Å². The molecule has 1 aromatic heterocycles. The van der Waals surface area contributed by atoms with Gasteiger partial charge >= 0.3 is 0 Å². The fourth-order valence-electron chi connectivity index (χ4n) is 1.21. The lowest BCUT2D eigenvalue weighted by Crippen LogP contribution is -2.05. The smallest absolute Gasteiger partial charge is 0.200 e. The maximum atomic E-state index is 8.61. The summed E-state index contributed by atoms with van der Waals surface area (Å²) in [4.78, 5) is 4.14. The van der Waals surface area contributed by atoms with Gasteiger partial charge in [0.15, 0.2) is 0 Å². The fourth-order valence-corrected chi connectivity index (χ4v) is 1.21. The molecule has 4 nitrogen and oxygen atoms in total. The summed E-state index contributed by atoms with van der Waals surface area (Å²) in [5, 5.41) is 8.61. The topological polar surface area (TPSA) is 51.6 Å². The molecular weight excluding hydrogens is 206 g/mol. The average Bonchev–Trinajstić information content (AvgIpc) is 2.32. The van der Waals surface area contributed by atoms with Gasteiger partial charge in [-0.05, 0) is 12.1 Å². The molecule has 0 amide bonds. The van der Waals surface area contributed by atoms with E-state index in [0.717, 1.165) is 5.56 Å². The van der Waals surface area contributed by atoms with E-state index in [4.69, 9.17) is 14.6 Å². The number of pyridine rings is 1. The molecule has 16 heavy (non-hydrogen) atoms. The maximum absolute atomic E-state index is 8.61. The van der Waals surface area contributed by atoms with Gasteiger partial charge in [-0.25, -0.2) is 0 Å². The van der Waals surface area contributed by atoms with Crippen molar-refractivity contribution >= 4 is 0 Å². The largest absolute Gasteiger partial charge is 0.395 e. The van der Waals surface area contributed by atoms with Gasteiger partial charge in [0.05, 0.1) is 12.3 Å². The molecule has 4 heteroatoms. The van der Waals surface area contributed by atoms with Crippen LogP contribution in [0.5, 0.6) is 0 Å². The summed E-state index contributed by atoms with van der Waals surface area (Å²) in [6, 6.07) is 3.61. The Labute approximate surface area is 95.2 Å². The Morgan fingerprint density at radius 1 is 1.44 bits per heavy atom. The van der Waals surface area contributed by atoms with Crippen molar-refractivity contribution in [1.29, 1.82) is 0 Å². The van der Waals surface area contributed by atoms with Gasteiger partial charge in [0.2, 0.25) is 6.29 Å². The molecule has 0 radical (unpaired) electrons. The van der Waals surface area contributed by atoms with Crippen molar-refractivity contribution in [3.8, 4) is 11.8 Å². The Kier molecular flexibility index (Phi) is 5.51. The van der Waals surface area contributed by atoms with Crippen molar-refractivity contribution in [3.05, 3.63) is 29.6 Å². The summed E-state index contributed by atoms with van der Waals surface area (Å²) in [6.07, 6.45) is 1.65. The molecule has 1 aromatic rings. The number of hydrogen-bond donors (Lipinski definition) is 1. The molecule has 0 aromatic carbocycles. The standard InChI is InChI=1S/C12H15NO3/c1-15-12(16-2)11-9-10(6-7-13-11)5-3-4-8-14/h6-7,9,12,14H,4,8H2,1-2H3. The number of hydrogen-bond acceptors (Lipinski definition) is 4. The van der Waals surface area contributed by atoms with Crippen LogP contribution in [0, 0.1) is 11.8 Å². The molecule has 0 spiro atoms. The highest BCUT2D eigenvalue weighted by atomic mass is 16.7. The van der Waals surface area contributed by atoms with Crippen LogP contribution in [0.15, 0.2) is 18.3 Å². The highest BCUT2D eigenvalue weighted by molar-refractivity contribution is 5.34. The lowest BCUT2D eigenvalue weighted by Gasteiger charge is -2.12. The molecule has 0 aliphatic carbocycles. The second-order valence-electron chi connectivity index (χ2n) is 3.05. The van der Waals surface area contributed by atoms with Gasteiger partial charge in [-0.15, -0.1) is 0 Å². The average molecular weight is 221 g/mol. The Bertz CT molecular complexity index is 377. The van der Waals surface area contributed by atoms with Gasteiger partial charge in [0, 0.05) is 32.4 Å². The first-order valence-corrected chi connectivity index (χ1v) is 4.93. The van der Waals surface area contributed by atoms with Crippen LogP contribution in [0.2, 0.25) is 0 Å². The third kappa shape index (κ3) is 3.63. The number of aliphatic hydroxyl groups is 1. The third-order valence-corrected chi connectivity index (χ3v) is 1.92. The van der Waals surface area contributed by atoms with Crippen molar-refractivity contribution in [2.24, 2.45) is 0 Å². The van der Waals surface area contributed by atoms with Gasteiger partial charge in [0.25, 0.3) is 0 Å². The Morgan fingerprint density at radius 3 is 2.81 bits per heavy atom. The van der Waals surface area contributed by atoms with Crippen molar-refractivity contribution in [2.75, 3.05) is 20.8 Å². The Hall–Kier alpha value is -1.41. The van der Waals surface area contributed by atoms with Crippen LogP contribution in [0.3, 0.4) is 0 Å². The SMILES string of the molecule is COC(OC)c1cc(C#CCCO)ccn1. The van der Waals surface area contributed by atoms with Crippen LogP contribution >= 0.6 is 0 Å². The highest BCUT2D eigenvalue weighted by Crippen LogP contribution is 2.15. The summed E-state index contributed by atoms with van der Waals surface area (Å²) < 4.78 is 10.2. The number of methoxy groups -OCH3 is 2. The molecular formula is C12H15NO3. The van der Waals surface area contributed by atoms with Crippen molar-refractivity contribution in [2.45, 2.75) is 12.7 Å². The van der Waals surface area contributed by atoms with Crippen LogP contribution in [-0.4, -0.2) is 30.9 Å². The zero-order valence-electron chi connectivity index (χ0n) is 9.43. The number of nitrogens with zero attached hydrogens (tertiary/aromatic N) is 1. The van der Waals surface area contributed by atoms with Gasteiger partial charge in [0.1, 0.15) is 0 Å². The molecule has 0 saturated heterocycles. The quantitative estimate of drug-likeness (QED) is 0.611. The third-order valence-electron chi connectivity index (χ3n) is 1.92. The minimum Gasteiger partial charge on any atom is -0.395 e. The van der Waals surface area contributed by atoms with Gasteiger partial charge in [-0.1, -0.05) is 11.8 Å². The van der Waals surface area contributed by atoms with E-state index in [-0.39, 0.29) is 6.61 Å². The van der Waals surface area contributed by atoms with E-state index in [1.807, 2.05) is 6.07 Å². The van der Waals surface area contributed by atoms with E-state index in [0.29, 0.717) is 12.1 Å². The Balaban J connectivity index is 2.83. The predicted molar refractivity (Wildman–Crippen MR) is 59.6 cm³/mol. The molecule has 0 saturated carbocycles. The molecule has 0 unspecified atom stereocenters. The van der Waals surface area contributed by atoms with Crippen molar-refractivity contribution < 1.29 is 14.6 Å². The molecule has 1 heterocycles. The van der Waals surface area contributed by atoms with Crippen LogP contribution in [0.1, 0.15) is 24.0 Å². The van der Waals surface area contributed by atoms with Crippen LogP contribution in [0.4, 0.5) is 0 Å². The van der Waals surface area contributed by atoms with Gasteiger partial charge < -0.3 is 14.6 Å². The molecule has 0 aliphatic rings. The van der Waals surface area contributed by atoms with E-state index in [9.17, 15) is 0 Å². The predicted octanol–water partition coefficient (Wildman–Crippen LogP) is 1.11. The van der Waals surface area contributed by atoms with E-state index < -0.39 is 6.29 Å². The first-order valence-electron chi connectivity index (χ1n) is 4.93. The van der Waals surface area contributed by atoms with Crippen molar-refractivity contribution in [3.63, 3.8) is 0 Å². The van der Waals surface area contributed by atoms with Crippen LogP contribution in [0.25, 0.3) is 0 Å². The highest BCUT2D eigenvalue weighted by Gasteiger charge is 2.09. The summed E-state index contributed by atoms with van der Waals surface area (Å²) in [7, 11) is 3.11. The molecule has 0 aliphatic heterocycles. The fraction of sp³-hybridized carbons (Fsp3) is 0.417. The van der Waals surface area contributed by atoms with Crippen LogP contribution < -0.4 is 0 Å². The lowest BCUT2D eigenvalue weighted by atomic mass is 10.2. The summed E-state index contributed by atoms with van der Waals surface area (Å²) in [5.41, 5.74) is 1.51. The minimum absolute atomic E-state index is 0.0731. The van der Waals surface area contributed by atoms with E-state index in [1.54, 1.807) is 26.5 Å². The maximum Gasteiger partial charge on any atom is 0.200 e. The number of ether oxygens (including phenoxy) is 2. The van der Waals surface area contributed by atoms with Crippen LogP contribution in [-0.2, 0) is 9.47 Å².